The monoisotopic (exact) mass is 636 g/mol. The van der Waals surface area contributed by atoms with E-state index in [4.69, 9.17) is 27.9 Å². The third kappa shape index (κ3) is 7.05. The smallest absolute Gasteiger partial charge is 0.258 e. The predicted molar refractivity (Wildman–Crippen MR) is 176 cm³/mol. The number of halogens is 2. The maximum atomic E-state index is 13.8. The second-order valence-electron chi connectivity index (χ2n) is 11.8. The van der Waals surface area contributed by atoms with Crippen molar-refractivity contribution < 1.29 is 19.4 Å². The van der Waals surface area contributed by atoms with E-state index in [1.807, 2.05) is 68.2 Å². The predicted octanol–water partition coefficient (Wildman–Crippen LogP) is 6.02. The molecule has 1 aliphatic heterocycles. The Morgan fingerprint density at radius 2 is 1.91 bits per heavy atom. The van der Waals surface area contributed by atoms with Crippen LogP contribution in [0.25, 0.3) is 10.9 Å². The molecule has 232 valence electrons. The molecule has 8 nitrogen and oxygen atoms in total. The lowest BCUT2D eigenvalue weighted by molar-refractivity contribution is -0.115. The second kappa shape index (κ2) is 13.6. The van der Waals surface area contributed by atoms with Crippen LogP contribution in [0.15, 0.2) is 66.9 Å². The van der Waals surface area contributed by atoms with E-state index in [-0.39, 0.29) is 36.9 Å². The summed E-state index contributed by atoms with van der Waals surface area (Å²) in [6, 6.07) is 18.3. The average Bonchev–Trinajstić information content (AvgIpc) is 3.31. The van der Waals surface area contributed by atoms with Gasteiger partial charge in [-0.1, -0.05) is 54.4 Å². The number of amides is 2. The van der Waals surface area contributed by atoms with Gasteiger partial charge in [0.15, 0.2) is 0 Å². The zero-order chi connectivity index (χ0) is 31.5. The first-order valence-corrected chi connectivity index (χ1v) is 15.5. The number of anilines is 1. The van der Waals surface area contributed by atoms with Crippen LogP contribution in [0.3, 0.4) is 0 Å². The van der Waals surface area contributed by atoms with E-state index in [0.29, 0.717) is 46.7 Å². The van der Waals surface area contributed by atoms with Crippen LogP contribution in [0, 0.1) is 5.92 Å². The molecule has 4 aromatic rings. The van der Waals surface area contributed by atoms with Crippen LogP contribution in [0.1, 0.15) is 35.3 Å². The molecule has 2 N–H and O–H groups in total. The summed E-state index contributed by atoms with van der Waals surface area (Å²) in [5, 5.41) is 15.0. The molecule has 2 heterocycles. The van der Waals surface area contributed by atoms with E-state index in [2.05, 4.69) is 17.1 Å². The van der Waals surface area contributed by atoms with Gasteiger partial charge in [0.2, 0.25) is 5.91 Å². The van der Waals surface area contributed by atoms with Crippen LogP contribution in [-0.4, -0.2) is 70.2 Å². The molecule has 3 atom stereocenters. The standard InChI is InChI=1S/C34H38Cl2N4O4/c1-21-16-40(22(2)20-41)34(43)27-15-25(37-33(42)14-24-18-39(4)30-8-6-5-7-26(24)30)10-12-31(27)44-32(21)19-38(3)17-23-9-11-28(35)29(36)13-23/h5-13,15,18,21-22,32,41H,14,16-17,19-20H2,1-4H3,(H,37,42)/t21-,22-,32-/m0/s1. The lowest BCUT2D eigenvalue weighted by atomic mass is 9.99. The lowest BCUT2D eigenvalue weighted by Crippen LogP contribution is -2.49. The molecule has 0 saturated carbocycles. The molecular formula is C34H38Cl2N4O4. The molecule has 1 aromatic heterocycles. The maximum Gasteiger partial charge on any atom is 0.258 e. The van der Waals surface area contributed by atoms with Crippen molar-refractivity contribution >= 4 is 51.6 Å². The molecule has 1 aliphatic rings. The molecule has 0 radical (unpaired) electrons. The molecular weight excluding hydrogens is 599 g/mol. The number of benzene rings is 3. The molecule has 44 heavy (non-hydrogen) atoms. The molecule has 0 bridgehead atoms. The van der Waals surface area contributed by atoms with Gasteiger partial charge in [-0.25, -0.2) is 0 Å². The molecule has 5 rings (SSSR count). The topological polar surface area (TPSA) is 87.0 Å². The number of rotatable bonds is 9. The fourth-order valence-electron chi connectivity index (χ4n) is 5.78. The SMILES string of the molecule is C[C@H]1CN([C@@H](C)CO)C(=O)c2cc(NC(=O)Cc3cn(C)c4ccccc34)ccc2O[C@H]1CN(C)Cc1ccc(Cl)c(Cl)c1. The van der Waals surface area contributed by atoms with Crippen LogP contribution in [0.2, 0.25) is 10.0 Å². The van der Waals surface area contributed by atoms with Crippen LogP contribution < -0.4 is 10.1 Å². The Kier molecular flexibility index (Phi) is 9.85. The van der Waals surface area contributed by atoms with Crippen molar-refractivity contribution in [3.63, 3.8) is 0 Å². The van der Waals surface area contributed by atoms with Gasteiger partial charge in [0.25, 0.3) is 5.91 Å². The summed E-state index contributed by atoms with van der Waals surface area (Å²) in [5.41, 5.74) is 3.86. The zero-order valence-electron chi connectivity index (χ0n) is 25.4. The minimum absolute atomic E-state index is 0.0302. The van der Waals surface area contributed by atoms with Crippen LogP contribution >= 0.6 is 23.2 Å². The van der Waals surface area contributed by atoms with E-state index < -0.39 is 6.04 Å². The van der Waals surface area contributed by atoms with Crippen molar-refractivity contribution in [3.8, 4) is 5.75 Å². The number of aliphatic hydroxyl groups excluding tert-OH is 1. The van der Waals surface area contributed by atoms with Crippen LogP contribution in [0.5, 0.6) is 5.75 Å². The van der Waals surface area contributed by atoms with Gasteiger partial charge in [-0.05, 0) is 61.5 Å². The molecule has 0 aliphatic carbocycles. The Morgan fingerprint density at radius 1 is 1.14 bits per heavy atom. The summed E-state index contributed by atoms with van der Waals surface area (Å²) in [5.74, 6) is -0.0215. The number of aryl methyl sites for hydroxylation is 1. The molecule has 2 amide bonds. The molecule has 10 heteroatoms. The number of carbonyl (C=O) groups excluding carboxylic acids is 2. The second-order valence-corrected chi connectivity index (χ2v) is 12.6. The Morgan fingerprint density at radius 3 is 2.66 bits per heavy atom. The van der Waals surface area contributed by atoms with Gasteiger partial charge in [0, 0.05) is 55.4 Å². The molecule has 0 saturated heterocycles. The number of hydrogen-bond acceptors (Lipinski definition) is 5. The van der Waals surface area contributed by atoms with Gasteiger partial charge in [0.1, 0.15) is 11.9 Å². The first-order valence-electron chi connectivity index (χ1n) is 14.7. The highest BCUT2D eigenvalue weighted by atomic mass is 35.5. The first kappa shape index (κ1) is 31.9. The number of aliphatic hydroxyl groups is 1. The van der Waals surface area contributed by atoms with Crippen molar-refractivity contribution in [2.45, 2.75) is 39.0 Å². The van der Waals surface area contributed by atoms with Crippen molar-refractivity contribution in [2.75, 3.05) is 32.1 Å². The number of hydrogen-bond donors (Lipinski definition) is 2. The number of nitrogens with zero attached hydrogens (tertiary/aromatic N) is 3. The van der Waals surface area contributed by atoms with Crippen molar-refractivity contribution in [3.05, 3.63) is 93.6 Å². The highest BCUT2D eigenvalue weighted by Gasteiger charge is 2.33. The number of fused-ring (bicyclic) bond motifs is 2. The Hall–Kier alpha value is -3.56. The van der Waals surface area contributed by atoms with Crippen LogP contribution in [0.4, 0.5) is 5.69 Å². The highest BCUT2D eigenvalue weighted by molar-refractivity contribution is 6.42. The minimum Gasteiger partial charge on any atom is -0.488 e. The number of ether oxygens (including phenoxy) is 1. The van der Waals surface area contributed by atoms with E-state index in [0.717, 1.165) is 22.0 Å². The molecule has 0 spiro atoms. The fraction of sp³-hybridized carbons (Fsp3) is 0.353. The normalized spacial score (nSPS) is 17.6. The summed E-state index contributed by atoms with van der Waals surface area (Å²) < 4.78 is 8.53. The van der Waals surface area contributed by atoms with E-state index in [1.54, 1.807) is 29.2 Å². The van der Waals surface area contributed by atoms with E-state index >= 15 is 0 Å². The summed E-state index contributed by atoms with van der Waals surface area (Å²) in [7, 11) is 3.97. The summed E-state index contributed by atoms with van der Waals surface area (Å²) in [4.78, 5) is 30.8. The van der Waals surface area contributed by atoms with E-state index in [9.17, 15) is 14.7 Å². The number of carbonyl (C=O) groups is 2. The first-order chi connectivity index (χ1) is 21.0. The van der Waals surface area contributed by atoms with Crippen molar-refractivity contribution in [2.24, 2.45) is 13.0 Å². The van der Waals surface area contributed by atoms with Crippen LogP contribution in [-0.2, 0) is 24.8 Å². The molecule has 0 fully saturated rings. The highest BCUT2D eigenvalue weighted by Crippen LogP contribution is 2.31. The number of para-hydroxylation sites is 1. The zero-order valence-corrected chi connectivity index (χ0v) is 26.9. The Bertz CT molecular complexity index is 1670. The van der Waals surface area contributed by atoms with Gasteiger partial charge in [-0.3, -0.25) is 14.5 Å². The van der Waals surface area contributed by atoms with Gasteiger partial charge in [-0.2, -0.15) is 0 Å². The maximum absolute atomic E-state index is 13.8. The quantitative estimate of drug-likeness (QED) is 0.235. The van der Waals surface area contributed by atoms with Gasteiger partial charge >= 0.3 is 0 Å². The van der Waals surface area contributed by atoms with Gasteiger partial charge in [0.05, 0.1) is 34.7 Å². The van der Waals surface area contributed by atoms with Gasteiger partial charge < -0.3 is 24.6 Å². The molecule has 0 unspecified atom stereocenters. The largest absolute Gasteiger partial charge is 0.488 e. The summed E-state index contributed by atoms with van der Waals surface area (Å²) >= 11 is 12.3. The lowest BCUT2D eigenvalue weighted by Gasteiger charge is -2.38. The third-order valence-electron chi connectivity index (χ3n) is 8.21. The number of likely N-dealkylation sites (N-methyl/N-ethyl adjacent to an activating group) is 1. The Labute approximate surface area is 268 Å². The van der Waals surface area contributed by atoms with Crippen molar-refractivity contribution in [1.29, 1.82) is 0 Å². The molecule has 3 aromatic carbocycles. The summed E-state index contributed by atoms with van der Waals surface area (Å²) in [6.45, 7) is 5.33. The Balaban J connectivity index is 1.37. The average molecular weight is 638 g/mol. The fourth-order valence-corrected chi connectivity index (χ4v) is 6.10. The van der Waals surface area contributed by atoms with Gasteiger partial charge in [-0.15, -0.1) is 0 Å². The van der Waals surface area contributed by atoms with E-state index in [1.165, 1.54) is 0 Å². The number of aromatic nitrogens is 1. The van der Waals surface area contributed by atoms with Crippen molar-refractivity contribution in [1.82, 2.24) is 14.4 Å². The number of nitrogens with one attached hydrogen (secondary N) is 1. The summed E-state index contributed by atoms with van der Waals surface area (Å²) in [6.07, 6.45) is 1.91. The third-order valence-corrected chi connectivity index (χ3v) is 8.95. The minimum atomic E-state index is -0.393.